The minimum Gasteiger partial charge on any atom is -0.497 e. The van der Waals surface area contributed by atoms with Gasteiger partial charge in [0.05, 0.1) is 25.4 Å². The lowest BCUT2D eigenvalue weighted by molar-refractivity contribution is 0.414. The number of ether oxygens (including phenoxy) is 1. The predicted octanol–water partition coefficient (Wildman–Crippen LogP) is 2.14. The van der Waals surface area contributed by atoms with Crippen molar-refractivity contribution in [1.29, 1.82) is 0 Å². The van der Waals surface area contributed by atoms with Gasteiger partial charge in [-0.1, -0.05) is 23.9 Å². The van der Waals surface area contributed by atoms with E-state index in [1.165, 1.54) is 0 Å². The van der Waals surface area contributed by atoms with Crippen molar-refractivity contribution in [1.82, 2.24) is 15.0 Å². The summed E-state index contributed by atoms with van der Waals surface area (Å²) in [7, 11) is 1.66. The molecule has 1 aromatic heterocycles. The average Bonchev–Trinajstić information content (AvgIpc) is 2.89. The molecule has 3 rings (SSSR count). The first kappa shape index (κ1) is 12.9. The van der Waals surface area contributed by atoms with Crippen LogP contribution < -0.4 is 10.5 Å². The van der Waals surface area contributed by atoms with Crippen LogP contribution in [0.5, 0.6) is 5.75 Å². The minimum atomic E-state index is -0.0277. The standard InChI is InChI=1S/C15H18N4O/c1-10-3-8-13(16)14-15(10)19(18-17-14)9-11-4-6-12(20-2)7-5-11/h4-7,13H,1,3,8-9,16H2,2H3. The van der Waals surface area contributed by atoms with E-state index in [-0.39, 0.29) is 6.04 Å². The van der Waals surface area contributed by atoms with Crippen molar-refractivity contribution in [2.24, 2.45) is 5.73 Å². The molecule has 5 heteroatoms. The van der Waals surface area contributed by atoms with Gasteiger partial charge in [0.2, 0.25) is 0 Å². The molecule has 1 unspecified atom stereocenters. The molecule has 2 aromatic rings. The number of benzene rings is 1. The summed E-state index contributed by atoms with van der Waals surface area (Å²) < 4.78 is 7.05. The summed E-state index contributed by atoms with van der Waals surface area (Å²) in [5, 5.41) is 8.45. The van der Waals surface area contributed by atoms with Gasteiger partial charge in [-0.15, -0.1) is 5.10 Å². The Kier molecular flexibility index (Phi) is 3.28. The number of hydrogen-bond donors (Lipinski definition) is 1. The molecular formula is C15H18N4O. The fourth-order valence-corrected chi connectivity index (χ4v) is 2.54. The number of nitrogens with two attached hydrogens (primary N) is 1. The smallest absolute Gasteiger partial charge is 0.118 e. The normalized spacial score (nSPS) is 17.9. The molecule has 0 radical (unpaired) electrons. The van der Waals surface area contributed by atoms with Crippen LogP contribution in [0, 0.1) is 0 Å². The van der Waals surface area contributed by atoms with Crippen LogP contribution in [0.25, 0.3) is 5.57 Å². The summed E-state index contributed by atoms with van der Waals surface area (Å²) in [6.45, 7) is 4.78. The summed E-state index contributed by atoms with van der Waals surface area (Å²) in [6.07, 6.45) is 1.80. The van der Waals surface area contributed by atoms with Gasteiger partial charge in [0.1, 0.15) is 11.4 Å². The molecule has 0 saturated carbocycles. The number of allylic oxidation sites excluding steroid dienone is 1. The van der Waals surface area contributed by atoms with E-state index >= 15 is 0 Å². The SMILES string of the molecule is C=C1CCC(N)c2nnn(Cc3ccc(OC)cc3)c21. The molecule has 5 nitrogen and oxygen atoms in total. The predicted molar refractivity (Wildman–Crippen MR) is 77.3 cm³/mol. The second kappa shape index (κ2) is 5.09. The van der Waals surface area contributed by atoms with Gasteiger partial charge >= 0.3 is 0 Å². The summed E-state index contributed by atoms with van der Waals surface area (Å²) in [4.78, 5) is 0. The van der Waals surface area contributed by atoms with Gasteiger partial charge in [0.15, 0.2) is 0 Å². The van der Waals surface area contributed by atoms with Gasteiger partial charge in [0.25, 0.3) is 0 Å². The summed E-state index contributed by atoms with van der Waals surface area (Å²) in [6, 6.07) is 7.91. The highest BCUT2D eigenvalue weighted by Crippen LogP contribution is 2.33. The summed E-state index contributed by atoms with van der Waals surface area (Å²) in [5.41, 5.74) is 10.2. The molecule has 104 valence electrons. The van der Waals surface area contributed by atoms with Crippen LogP contribution in [0.1, 0.15) is 35.8 Å². The Balaban J connectivity index is 1.89. The van der Waals surface area contributed by atoms with E-state index in [1.807, 2.05) is 28.9 Å². The largest absolute Gasteiger partial charge is 0.497 e. The van der Waals surface area contributed by atoms with Gasteiger partial charge in [-0.2, -0.15) is 0 Å². The van der Waals surface area contributed by atoms with Crippen LogP contribution in [0.3, 0.4) is 0 Å². The third kappa shape index (κ3) is 2.20. The molecule has 0 amide bonds. The molecule has 1 heterocycles. The van der Waals surface area contributed by atoms with Crippen LogP contribution in [0.2, 0.25) is 0 Å². The van der Waals surface area contributed by atoms with Crippen molar-refractivity contribution in [3.63, 3.8) is 0 Å². The maximum atomic E-state index is 6.08. The highest BCUT2D eigenvalue weighted by atomic mass is 16.5. The molecule has 1 atom stereocenters. The number of fused-ring (bicyclic) bond motifs is 1. The molecule has 1 aliphatic rings. The Labute approximate surface area is 118 Å². The lowest BCUT2D eigenvalue weighted by atomic mass is 9.93. The molecule has 0 fully saturated rings. The van der Waals surface area contributed by atoms with Crippen molar-refractivity contribution >= 4 is 5.57 Å². The maximum absolute atomic E-state index is 6.08. The van der Waals surface area contributed by atoms with Crippen LogP contribution in [-0.2, 0) is 6.54 Å². The summed E-state index contributed by atoms with van der Waals surface area (Å²) in [5.74, 6) is 0.848. The van der Waals surface area contributed by atoms with Crippen molar-refractivity contribution in [2.75, 3.05) is 7.11 Å². The quantitative estimate of drug-likeness (QED) is 0.928. The van der Waals surface area contributed by atoms with Gasteiger partial charge in [0, 0.05) is 0 Å². The Morgan fingerprint density at radius 3 is 2.85 bits per heavy atom. The first-order valence-electron chi connectivity index (χ1n) is 6.69. The monoisotopic (exact) mass is 270 g/mol. The van der Waals surface area contributed by atoms with E-state index in [0.29, 0.717) is 6.54 Å². The minimum absolute atomic E-state index is 0.0277. The van der Waals surface area contributed by atoms with Crippen LogP contribution in [0.4, 0.5) is 0 Å². The van der Waals surface area contributed by atoms with Crippen molar-refractivity contribution < 1.29 is 4.74 Å². The number of rotatable bonds is 3. The molecule has 0 aliphatic heterocycles. The van der Waals surface area contributed by atoms with Gasteiger partial charge in [-0.05, 0) is 36.1 Å². The van der Waals surface area contributed by atoms with Gasteiger partial charge in [-0.25, -0.2) is 4.68 Å². The number of aromatic nitrogens is 3. The van der Waals surface area contributed by atoms with Crippen LogP contribution in [0.15, 0.2) is 30.8 Å². The topological polar surface area (TPSA) is 66.0 Å². The molecular weight excluding hydrogens is 252 g/mol. The van der Waals surface area contributed by atoms with E-state index in [0.717, 1.165) is 41.1 Å². The number of methoxy groups -OCH3 is 1. The fraction of sp³-hybridized carbons (Fsp3) is 0.333. The van der Waals surface area contributed by atoms with Crippen molar-refractivity contribution in [3.8, 4) is 5.75 Å². The molecule has 1 aliphatic carbocycles. The van der Waals surface area contributed by atoms with E-state index in [9.17, 15) is 0 Å². The van der Waals surface area contributed by atoms with Gasteiger partial charge < -0.3 is 10.5 Å². The molecule has 0 bridgehead atoms. The van der Waals surface area contributed by atoms with Crippen LogP contribution >= 0.6 is 0 Å². The molecule has 20 heavy (non-hydrogen) atoms. The Morgan fingerprint density at radius 2 is 2.15 bits per heavy atom. The summed E-state index contributed by atoms with van der Waals surface area (Å²) >= 11 is 0. The van der Waals surface area contributed by atoms with E-state index in [2.05, 4.69) is 16.9 Å². The van der Waals surface area contributed by atoms with Crippen molar-refractivity contribution in [3.05, 3.63) is 47.8 Å². The average molecular weight is 270 g/mol. The van der Waals surface area contributed by atoms with E-state index in [4.69, 9.17) is 10.5 Å². The highest BCUT2D eigenvalue weighted by Gasteiger charge is 2.25. The Bertz CT molecular complexity index is 630. The molecule has 1 aromatic carbocycles. The molecule has 0 spiro atoms. The second-order valence-electron chi connectivity index (χ2n) is 5.08. The van der Waals surface area contributed by atoms with Gasteiger partial charge in [-0.3, -0.25) is 0 Å². The third-order valence-electron chi connectivity index (χ3n) is 3.70. The Hall–Kier alpha value is -2.14. The zero-order valence-electron chi connectivity index (χ0n) is 11.5. The Morgan fingerprint density at radius 1 is 1.40 bits per heavy atom. The zero-order chi connectivity index (χ0) is 14.1. The van der Waals surface area contributed by atoms with Crippen molar-refractivity contribution in [2.45, 2.75) is 25.4 Å². The number of nitrogens with zero attached hydrogens (tertiary/aromatic N) is 3. The molecule has 2 N–H and O–H groups in total. The molecule has 0 saturated heterocycles. The van der Waals surface area contributed by atoms with E-state index in [1.54, 1.807) is 7.11 Å². The maximum Gasteiger partial charge on any atom is 0.118 e. The van der Waals surface area contributed by atoms with E-state index < -0.39 is 0 Å². The third-order valence-corrected chi connectivity index (χ3v) is 3.70. The lowest BCUT2D eigenvalue weighted by Crippen LogP contribution is -2.18. The van der Waals surface area contributed by atoms with Crippen LogP contribution in [-0.4, -0.2) is 22.1 Å². The first-order valence-corrected chi connectivity index (χ1v) is 6.69. The fourth-order valence-electron chi connectivity index (χ4n) is 2.54. The second-order valence-corrected chi connectivity index (χ2v) is 5.08. The first-order chi connectivity index (χ1) is 9.69. The zero-order valence-corrected chi connectivity index (χ0v) is 11.5. The lowest BCUT2D eigenvalue weighted by Gasteiger charge is -2.20. The number of hydrogen-bond acceptors (Lipinski definition) is 4. The highest BCUT2D eigenvalue weighted by molar-refractivity contribution is 5.64.